The SMILES string of the molecule is CCc1ccc(-c2oc(C)nc2-c2ccc(C)cc2)cc1. The molecule has 21 heavy (non-hydrogen) atoms. The lowest BCUT2D eigenvalue weighted by Gasteiger charge is -2.03. The Balaban J connectivity index is 2.08. The molecule has 3 aromatic rings. The first-order chi connectivity index (χ1) is 10.2. The minimum Gasteiger partial charge on any atom is -0.440 e. The van der Waals surface area contributed by atoms with E-state index in [9.17, 15) is 0 Å². The third-order valence-corrected chi connectivity index (χ3v) is 3.68. The fourth-order valence-corrected chi connectivity index (χ4v) is 2.42. The van der Waals surface area contributed by atoms with E-state index < -0.39 is 0 Å². The highest BCUT2D eigenvalue weighted by Gasteiger charge is 2.14. The van der Waals surface area contributed by atoms with Crippen molar-refractivity contribution in [1.82, 2.24) is 4.98 Å². The van der Waals surface area contributed by atoms with Crippen molar-refractivity contribution in [3.05, 3.63) is 65.5 Å². The van der Waals surface area contributed by atoms with Gasteiger partial charge < -0.3 is 4.42 Å². The molecule has 0 N–H and O–H groups in total. The molecule has 2 aromatic carbocycles. The number of hydrogen-bond acceptors (Lipinski definition) is 2. The van der Waals surface area contributed by atoms with E-state index >= 15 is 0 Å². The molecular weight excluding hydrogens is 258 g/mol. The molecule has 0 saturated heterocycles. The van der Waals surface area contributed by atoms with Gasteiger partial charge in [-0.2, -0.15) is 0 Å². The smallest absolute Gasteiger partial charge is 0.192 e. The summed E-state index contributed by atoms with van der Waals surface area (Å²) in [5.41, 5.74) is 5.65. The van der Waals surface area contributed by atoms with Gasteiger partial charge in [-0.15, -0.1) is 0 Å². The zero-order chi connectivity index (χ0) is 14.8. The van der Waals surface area contributed by atoms with E-state index in [0.29, 0.717) is 5.89 Å². The van der Waals surface area contributed by atoms with E-state index in [2.05, 4.69) is 67.4 Å². The van der Waals surface area contributed by atoms with Gasteiger partial charge in [-0.25, -0.2) is 4.98 Å². The number of nitrogens with zero attached hydrogens (tertiary/aromatic N) is 1. The summed E-state index contributed by atoms with van der Waals surface area (Å²) in [6.45, 7) is 6.13. The molecule has 0 saturated carbocycles. The van der Waals surface area contributed by atoms with E-state index in [0.717, 1.165) is 29.0 Å². The Bertz CT molecular complexity index is 736. The van der Waals surface area contributed by atoms with E-state index in [1.807, 2.05) is 6.92 Å². The van der Waals surface area contributed by atoms with Crippen molar-refractivity contribution in [3.8, 4) is 22.6 Å². The fraction of sp³-hybridized carbons (Fsp3) is 0.211. The highest BCUT2D eigenvalue weighted by atomic mass is 16.4. The zero-order valence-corrected chi connectivity index (χ0v) is 12.7. The van der Waals surface area contributed by atoms with Gasteiger partial charge in [0, 0.05) is 18.1 Å². The average molecular weight is 277 g/mol. The lowest BCUT2D eigenvalue weighted by atomic mass is 10.0. The molecule has 0 aliphatic carbocycles. The van der Waals surface area contributed by atoms with Crippen LogP contribution in [-0.4, -0.2) is 4.98 Å². The summed E-state index contributed by atoms with van der Waals surface area (Å²) in [5.74, 6) is 1.54. The van der Waals surface area contributed by atoms with Crippen molar-refractivity contribution < 1.29 is 4.42 Å². The van der Waals surface area contributed by atoms with E-state index in [1.54, 1.807) is 0 Å². The number of rotatable bonds is 3. The molecule has 1 aromatic heterocycles. The summed E-state index contributed by atoms with van der Waals surface area (Å²) in [7, 11) is 0. The molecule has 1 heterocycles. The third kappa shape index (κ3) is 2.75. The second-order valence-corrected chi connectivity index (χ2v) is 5.33. The molecule has 0 aliphatic rings. The van der Waals surface area contributed by atoms with Crippen LogP contribution in [0.3, 0.4) is 0 Å². The van der Waals surface area contributed by atoms with E-state index in [1.165, 1.54) is 11.1 Å². The van der Waals surface area contributed by atoms with Gasteiger partial charge in [0.25, 0.3) is 0 Å². The molecule has 0 radical (unpaired) electrons. The van der Waals surface area contributed by atoms with Crippen LogP contribution >= 0.6 is 0 Å². The molecular formula is C19H19NO. The number of hydrogen-bond donors (Lipinski definition) is 0. The molecule has 0 aliphatic heterocycles. The number of oxazole rings is 1. The maximum Gasteiger partial charge on any atom is 0.192 e. The topological polar surface area (TPSA) is 26.0 Å². The Morgan fingerprint density at radius 2 is 1.48 bits per heavy atom. The Kier molecular flexibility index (Phi) is 3.61. The predicted molar refractivity (Wildman–Crippen MR) is 86.2 cm³/mol. The zero-order valence-electron chi connectivity index (χ0n) is 12.7. The molecule has 0 fully saturated rings. The standard InChI is InChI=1S/C19H19NO/c1-4-15-7-11-17(12-8-15)19-18(20-14(3)21-19)16-9-5-13(2)6-10-16/h5-12H,4H2,1-3H3. The van der Waals surface area contributed by atoms with Crippen molar-refractivity contribution in [2.45, 2.75) is 27.2 Å². The fourth-order valence-electron chi connectivity index (χ4n) is 2.42. The Labute approximate surface area is 125 Å². The van der Waals surface area contributed by atoms with Gasteiger partial charge in [0.15, 0.2) is 11.7 Å². The first-order valence-electron chi connectivity index (χ1n) is 7.31. The molecule has 3 rings (SSSR count). The minimum atomic E-state index is 0.695. The van der Waals surface area contributed by atoms with Crippen LogP contribution in [0.2, 0.25) is 0 Å². The van der Waals surface area contributed by atoms with Crippen LogP contribution in [0.5, 0.6) is 0 Å². The molecule has 2 heteroatoms. The first kappa shape index (κ1) is 13.6. The quantitative estimate of drug-likeness (QED) is 0.658. The van der Waals surface area contributed by atoms with Crippen LogP contribution in [0.15, 0.2) is 52.9 Å². The first-order valence-corrected chi connectivity index (χ1v) is 7.31. The second-order valence-electron chi connectivity index (χ2n) is 5.33. The molecule has 0 bridgehead atoms. The van der Waals surface area contributed by atoms with Gasteiger partial charge in [0.05, 0.1) is 0 Å². The normalized spacial score (nSPS) is 10.8. The number of aryl methyl sites for hydroxylation is 3. The van der Waals surface area contributed by atoms with Crippen LogP contribution in [0, 0.1) is 13.8 Å². The van der Waals surface area contributed by atoms with Crippen molar-refractivity contribution >= 4 is 0 Å². The van der Waals surface area contributed by atoms with Gasteiger partial charge in [0.1, 0.15) is 5.69 Å². The summed E-state index contributed by atoms with van der Waals surface area (Å²) in [5, 5.41) is 0. The molecule has 0 unspecified atom stereocenters. The van der Waals surface area contributed by atoms with Crippen LogP contribution in [0.25, 0.3) is 22.6 Å². The van der Waals surface area contributed by atoms with Crippen molar-refractivity contribution in [2.24, 2.45) is 0 Å². The van der Waals surface area contributed by atoms with Crippen molar-refractivity contribution in [1.29, 1.82) is 0 Å². The molecule has 2 nitrogen and oxygen atoms in total. The average Bonchev–Trinajstić information content (AvgIpc) is 2.90. The van der Waals surface area contributed by atoms with Crippen LogP contribution in [0.4, 0.5) is 0 Å². The van der Waals surface area contributed by atoms with Gasteiger partial charge in [0.2, 0.25) is 0 Å². The summed E-state index contributed by atoms with van der Waals surface area (Å²) in [6.07, 6.45) is 1.04. The van der Waals surface area contributed by atoms with Gasteiger partial charge in [-0.05, 0) is 18.9 Å². The summed E-state index contributed by atoms with van der Waals surface area (Å²) in [6, 6.07) is 16.9. The molecule has 0 atom stereocenters. The molecule has 0 spiro atoms. The van der Waals surface area contributed by atoms with Gasteiger partial charge in [-0.1, -0.05) is 61.0 Å². The van der Waals surface area contributed by atoms with Crippen LogP contribution in [-0.2, 0) is 6.42 Å². The van der Waals surface area contributed by atoms with E-state index in [4.69, 9.17) is 4.42 Å². The van der Waals surface area contributed by atoms with E-state index in [-0.39, 0.29) is 0 Å². The molecule has 0 amide bonds. The van der Waals surface area contributed by atoms with Crippen LogP contribution < -0.4 is 0 Å². The predicted octanol–water partition coefficient (Wildman–Crippen LogP) is 5.19. The highest BCUT2D eigenvalue weighted by Crippen LogP contribution is 2.32. The lowest BCUT2D eigenvalue weighted by Crippen LogP contribution is -1.84. The van der Waals surface area contributed by atoms with Crippen molar-refractivity contribution in [2.75, 3.05) is 0 Å². The second kappa shape index (κ2) is 5.57. The van der Waals surface area contributed by atoms with Crippen molar-refractivity contribution in [3.63, 3.8) is 0 Å². The summed E-state index contributed by atoms with van der Waals surface area (Å²) >= 11 is 0. The monoisotopic (exact) mass is 277 g/mol. The largest absolute Gasteiger partial charge is 0.440 e. The number of benzene rings is 2. The lowest BCUT2D eigenvalue weighted by molar-refractivity contribution is 0.534. The van der Waals surface area contributed by atoms with Gasteiger partial charge in [-0.3, -0.25) is 0 Å². The Morgan fingerprint density at radius 1 is 0.857 bits per heavy atom. The minimum absolute atomic E-state index is 0.695. The summed E-state index contributed by atoms with van der Waals surface area (Å²) < 4.78 is 5.85. The summed E-state index contributed by atoms with van der Waals surface area (Å²) in [4.78, 5) is 4.56. The third-order valence-electron chi connectivity index (χ3n) is 3.68. The maximum absolute atomic E-state index is 5.85. The highest BCUT2D eigenvalue weighted by molar-refractivity contribution is 5.77. The molecule has 106 valence electrons. The maximum atomic E-state index is 5.85. The van der Waals surface area contributed by atoms with Crippen LogP contribution in [0.1, 0.15) is 23.9 Å². The Hall–Kier alpha value is -2.35. The number of aromatic nitrogens is 1. The Morgan fingerprint density at radius 3 is 2.10 bits per heavy atom. The van der Waals surface area contributed by atoms with Gasteiger partial charge >= 0.3 is 0 Å².